The van der Waals surface area contributed by atoms with E-state index in [1.54, 1.807) is 12.1 Å². The van der Waals surface area contributed by atoms with E-state index in [1.807, 2.05) is 0 Å². The highest BCUT2D eigenvalue weighted by Crippen LogP contribution is 2.25. The number of hydrogen-bond acceptors (Lipinski definition) is 8. The number of carbonyl (C=O) groups is 1. The molecule has 8 nitrogen and oxygen atoms in total. The lowest BCUT2D eigenvalue weighted by atomic mass is 10.2. The molecule has 0 saturated carbocycles. The largest absolute Gasteiger partial charge is 0.497 e. The minimum atomic E-state index is -3.51. The lowest BCUT2D eigenvalue weighted by Gasteiger charge is -2.09. The Hall–Kier alpha value is -2.20. The van der Waals surface area contributed by atoms with Crippen molar-refractivity contribution >= 4 is 32.4 Å². The first-order valence-corrected chi connectivity index (χ1v) is 8.58. The van der Waals surface area contributed by atoms with Gasteiger partial charge >= 0.3 is 0 Å². The molecular formula is C12H13N3O5S2. The van der Waals surface area contributed by atoms with Crippen LogP contribution in [0.4, 0.5) is 5.13 Å². The lowest BCUT2D eigenvalue weighted by Crippen LogP contribution is -2.13. The molecule has 2 aromatic rings. The molecule has 1 aromatic heterocycles. The lowest BCUT2D eigenvalue weighted by molar-refractivity contribution is 0.102. The summed E-state index contributed by atoms with van der Waals surface area (Å²) >= 11 is 0.783. The predicted molar refractivity (Wildman–Crippen MR) is 80.5 cm³/mol. The Balaban J connectivity index is 2.24. The number of sulfone groups is 1. The van der Waals surface area contributed by atoms with Gasteiger partial charge in [0, 0.05) is 23.9 Å². The number of hydrogen-bond donors (Lipinski definition) is 1. The number of amides is 1. The number of nitrogens with one attached hydrogen (secondary N) is 1. The van der Waals surface area contributed by atoms with Crippen LogP contribution in [0, 0.1) is 0 Å². The third-order valence-corrected chi connectivity index (χ3v) is 4.20. The molecule has 0 saturated heterocycles. The average Bonchev–Trinajstić information content (AvgIpc) is 2.95. The van der Waals surface area contributed by atoms with Crippen molar-refractivity contribution in [3.8, 4) is 11.5 Å². The van der Waals surface area contributed by atoms with Gasteiger partial charge in [-0.05, 0) is 12.1 Å². The number of rotatable bonds is 5. The maximum atomic E-state index is 12.2. The van der Waals surface area contributed by atoms with Gasteiger partial charge in [-0.1, -0.05) is 0 Å². The van der Waals surface area contributed by atoms with E-state index in [2.05, 4.69) is 14.7 Å². The van der Waals surface area contributed by atoms with Crippen LogP contribution in [-0.4, -0.2) is 44.2 Å². The molecule has 10 heteroatoms. The molecule has 1 heterocycles. The normalized spacial score (nSPS) is 11.0. The maximum absolute atomic E-state index is 12.2. The van der Waals surface area contributed by atoms with Gasteiger partial charge in [0.25, 0.3) is 11.1 Å². The third kappa shape index (κ3) is 3.52. The molecule has 1 N–H and O–H groups in total. The third-order valence-electron chi connectivity index (χ3n) is 2.61. The molecule has 118 valence electrons. The van der Waals surface area contributed by atoms with Crippen LogP contribution >= 0.6 is 11.5 Å². The summed E-state index contributed by atoms with van der Waals surface area (Å²) in [6.07, 6.45) is 0.993. The zero-order valence-electron chi connectivity index (χ0n) is 12.0. The topological polar surface area (TPSA) is 107 Å². The second-order valence-corrected chi connectivity index (χ2v) is 6.84. The molecule has 0 aliphatic carbocycles. The van der Waals surface area contributed by atoms with Crippen molar-refractivity contribution in [2.75, 3.05) is 25.8 Å². The fraction of sp³-hybridized carbons (Fsp3) is 0.250. The first-order valence-electron chi connectivity index (χ1n) is 5.92. The molecule has 0 spiro atoms. The van der Waals surface area contributed by atoms with Crippen LogP contribution < -0.4 is 14.8 Å². The molecule has 0 fully saturated rings. The number of ether oxygens (including phenoxy) is 2. The zero-order valence-corrected chi connectivity index (χ0v) is 13.6. The Kier molecular flexibility index (Phi) is 4.62. The SMILES string of the molecule is COc1ccc(C(=O)Nc2nc(S(C)(=O)=O)ns2)c(OC)c1. The van der Waals surface area contributed by atoms with Gasteiger partial charge in [0.2, 0.25) is 15.0 Å². The molecule has 0 radical (unpaired) electrons. The molecule has 1 amide bonds. The number of methoxy groups -OCH3 is 2. The van der Waals surface area contributed by atoms with Gasteiger partial charge in [-0.15, -0.1) is 0 Å². The number of nitrogens with zero attached hydrogens (tertiary/aromatic N) is 2. The summed E-state index contributed by atoms with van der Waals surface area (Å²) in [5.74, 6) is 0.379. The minimum Gasteiger partial charge on any atom is -0.497 e. The smallest absolute Gasteiger partial charge is 0.261 e. The van der Waals surface area contributed by atoms with Crippen molar-refractivity contribution in [1.82, 2.24) is 9.36 Å². The molecule has 0 atom stereocenters. The summed E-state index contributed by atoms with van der Waals surface area (Å²) in [6, 6.07) is 4.71. The van der Waals surface area contributed by atoms with Crippen LogP contribution in [0.15, 0.2) is 23.4 Å². The van der Waals surface area contributed by atoms with Gasteiger partial charge < -0.3 is 9.47 Å². The van der Waals surface area contributed by atoms with Gasteiger partial charge in [-0.25, -0.2) is 8.42 Å². The van der Waals surface area contributed by atoms with Crippen LogP contribution in [0.1, 0.15) is 10.4 Å². The summed E-state index contributed by atoms with van der Waals surface area (Å²) in [5, 5.41) is 2.25. The average molecular weight is 343 g/mol. The van der Waals surface area contributed by atoms with Crippen LogP contribution in [0.5, 0.6) is 11.5 Å². The minimum absolute atomic E-state index is 0.0864. The number of carbonyl (C=O) groups excluding carboxylic acids is 1. The maximum Gasteiger partial charge on any atom is 0.261 e. The molecular weight excluding hydrogens is 330 g/mol. The van der Waals surface area contributed by atoms with Crippen LogP contribution in [0.25, 0.3) is 0 Å². The summed E-state index contributed by atoms with van der Waals surface area (Å²) in [5.41, 5.74) is 0.263. The summed E-state index contributed by atoms with van der Waals surface area (Å²) < 4.78 is 36.5. The van der Waals surface area contributed by atoms with Crippen molar-refractivity contribution in [2.24, 2.45) is 0 Å². The first kappa shape index (κ1) is 16.2. The van der Waals surface area contributed by atoms with Crippen molar-refractivity contribution in [3.05, 3.63) is 23.8 Å². The Bertz CT molecular complexity index is 801. The van der Waals surface area contributed by atoms with Crippen LogP contribution in [0.3, 0.4) is 0 Å². The highest BCUT2D eigenvalue weighted by Gasteiger charge is 2.18. The summed E-state index contributed by atoms with van der Waals surface area (Å²) in [7, 11) is -0.577. The fourth-order valence-electron chi connectivity index (χ4n) is 1.56. The van der Waals surface area contributed by atoms with Gasteiger partial charge in [0.05, 0.1) is 19.8 Å². The quantitative estimate of drug-likeness (QED) is 0.869. The summed E-state index contributed by atoms with van der Waals surface area (Å²) in [6.45, 7) is 0. The van der Waals surface area contributed by atoms with Gasteiger partial charge in [0.1, 0.15) is 11.5 Å². The number of benzene rings is 1. The Labute approximate surface area is 131 Å². The van der Waals surface area contributed by atoms with E-state index in [0.29, 0.717) is 11.5 Å². The van der Waals surface area contributed by atoms with Crippen LogP contribution in [0.2, 0.25) is 0 Å². The summed E-state index contributed by atoms with van der Waals surface area (Å²) in [4.78, 5) is 16.0. The van der Waals surface area contributed by atoms with Crippen molar-refractivity contribution in [2.45, 2.75) is 5.16 Å². The van der Waals surface area contributed by atoms with Crippen molar-refractivity contribution in [1.29, 1.82) is 0 Å². The second-order valence-electron chi connectivity index (χ2n) is 4.17. The van der Waals surface area contributed by atoms with E-state index in [4.69, 9.17) is 9.47 Å². The van der Waals surface area contributed by atoms with E-state index >= 15 is 0 Å². The van der Waals surface area contributed by atoms with E-state index in [-0.39, 0.29) is 15.9 Å². The van der Waals surface area contributed by atoms with Gasteiger partial charge in [0.15, 0.2) is 0 Å². The van der Waals surface area contributed by atoms with E-state index in [1.165, 1.54) is 20.3 Å². The zero-order chi connectivity index (χ0) is 16.3. The van der Waals surface area contributed by atoms with E-state index < -0.39 is 15.7 Å². The fourth-order valence-corrected chi connectivity index (χ4v) is 3.00. The van der Waals surface area contributed by atoms with Gasteiger partial charge in [-0.2, -0.15) is 9.36 Å². The van der Waals surface area contributed by atoms with E-state index in [0.717, 1.165) is 17.8 Å². The molecule has 1 aromatic carbocycles. The first-order chi connectivity index (χ1) is 10.3. The second kappa shape index (κ2) is 6.28. The number of anilines is 1. The van der Waals surface area contributed by atoms with Gasteiger partial charge in [-0.3, -0.25) is 10.1 Å². The molecule has 0 bridgehead atoms. The molecule has 0 unspecified atom stereocenters. The van der Waals surface area contributed by atoms with Crippen LogP contribution in [-0.2, 0) is 9.84 Å². The molecule has 0 aliphatic heterocycles. The number of aromatic nitrogens is 2. The van der Waals surface area contributed by atoms with Crippen molar-refractivity contribution in [3.63, 3.8) is 0 Å². The molecule has 2 rings (SSSR count). The van der Waals surface area contributed by atoms with E-state index in [9.17, 15) is 13.2 Å². The predicted octanol–water partition coefficient (Wildman–Crippen LogP) is 1.21. The Morgan fingerprint density at radius 3 is 2.55 bits per heavy atom. The Morgan fingerprint density at radius 1 is 1.27 bits per heavy atom. The standard InChI is InChI=1S/C12H13N3O5S2/c1-19-7-4-5-8(9(6-7)20-2)10(16)13-11-14-12(15-21-11)22(3,17)18/h4-6H,1-3H3,(H,13,14,15,16). The molecule has 22 heavy (non-hydrogen) atoms. The monoisotopic (exact) mass is 343 g/mol. The molecule has 0 aliphatic rings. The Morgan fingerprint density at radius 2 is 2.00 bits per heavy atom. The highest BCUT2D eigenvalue weighted by molar-refractivity contribution is 7.90. The highest BCUT2D eigenvalue weighted by atomic mass is 32.2. The van der Waals surface area contributed by atoms with Crippen molar-refractivity contribution < 1.29 is 22.7 Å².